The van der Waals surface area contributed by atoms with Crippen molar-refractivity contribution in [3.63, 3.8) is 0 Å². The second-order valence-electron chi connectivity index (χ2n) is 5.29. The molecule has 5 nitrogen and oxygen atoms in total. The van der Waals surface area contributed by atoms with Crippen LogP contribution in [0, 0.1) is 5.92 Å². The van der Waals surface area contributed by atoms with E-state index in [0.717, 1.165) is 30.0 Å². The van der Waals surface area contributed by atoms with Crippen LogP contribution in [-0.4, -0.2) is 28.6 Å². The summed E-state index contributed by atoms with van der Waals surface area (Å²) in [6.07, 6.45) is 2.67. The minimum Gasteiger partial charge on any atom is -0.481 e. The Morgan fingerprint density at radius 3 is 2.62 bits per heavy atom. The van der Waals surface area contributed by atoms with Crippen molar-refractivity contribution in [3.8, 4) is 17.3 Å². The molecule has 0 atom stereocenters. The summed E-state index contributed by atoms with van der Waals surface area (Å²) >= 11 is 0. The summed E-state index contributed by atoms with van der Waals surface area (Å²) in [5.74, 6) is 2.69. The van der Waals surface area contributed by atoms with Crippen molar-refractivity contribution in [2.24, 2.45) is 5.92 Å². The van der Waals surface area contributed by atoms with E-state index in [1.165, 1.54) is 0 Å². The predicted octanol–water partition coefficient (Wildman–Crippen LogP) is 3.18. The normalized spacial score (nSPS) is 10.7. The van der Waals surface area contributed by atoms with E-state index in [1.807, 2.05) is 18.2 Å². The quantitative estimate of drug-likeness (QED) is 0.883. The lowest BCUT2D eigenvalue weighted by atomic mass is 10.1. The number of hydrogen-bond acceptors (Lipinski definition) is 5. The van der Waals surface area contributed by atoms with Gasteiger partial charge in [0.2, 0.25) is 5.88 Å². The number of methoxy groups -OCH3 is 1. The SMILES string of the molecule is CCNc1cc(CC(C)C)nc(-c2ccc(OC)nc2)n1. The highest BCUT2D eigenvalue weighted by atomic mass is 16.5. The molecule has 2 aromatic heterocycles. The van der Waals surface area contributed by atoms with Crippen LogP contribution >= 0.6 is 0 Å². The average Bonchev–Trinajstić information content (AvgIpc) is 2.47. The van der Waals surface area contributed by atoms with Gasteiger partial charge in [0.1, 0.15) is 5.82 Å². The Morgan fingerprint density at radius 1 is 1.24 bits per heavy atom. The van der Waals surface area contributed by atoms with Gasteiger partial charge < -0.3 is 10.1 Å². The van der Waals surface area contributed by atoms with E-state index in [4.69, 9.17) is 4.74 Å². The number of nitrogens with one attached hydrogen (secondary N) is 1. The molecule has 21 heavy (non-hydrogen) atoms. The Bertz CT molecular complexity index is 581. The summed E-state index contributed by atoms with van der Waals surface area (Å²) in [6.45, 7) is 7.25. The molecule has 1 N–H and O–H groups in total. The standard InChI is InChI=1S/C16H22N4O/c1-5-17-14-9-13(8-11(2)3)19-16(20-14)12-6-7-15(21-4)18-10-12/h6-7,9-11H,5,8H2,1-4H3,(H,17,19,20). The fourth-order valence-corrected chi connectivity index (χ4v) is 2.05. The molecule has 5 heteroatoms. The fraction of sp³-hybridized carbons (Fsp3) is 0.438. The molecule has 112 valence electrons. The molecule has 0 saturated heterocycles. The van der Waals surface area contributed by atoms with Gasteiger partial charge in [-0.1, -0.05) is 13.8 Å². The van der Waals surface area contributed by atoms with Gasteiger partial charge in [-0.05, 0) is 25.3 Å². The summed E-state index contributed by atoms with van der Waals surface area (Å²) in [7, 11) is 1.60. The van der Waals surface area contributed by atoms with Gasteiger partial charge in [-0.25, -0.2) is 15.0 Å². The molecular weight excluding hydrogens is 264 g/mol. The van der Waals surface area contributed by atoms with Gasteiger partial charge in [0.15, 0.2) is 5.82 Å². The minimum absolute atomic E-state index is 0.552. The van der Waals surface area contributed by atoms with Crippen LogP contribution in [0.5, 0.6) is 5.88 Å². The van der Waals surface area contributed by atoms with Crippen LogP contribution in [0.3, 0.4) is 0 Å². The molecule has 0 spiro atoms. The largest absolute Gasteiger partial charge is 0.481 e. The highest BCUT2D eigenvalue weighted by molar-refractivity contribution is 5.57. The summed E-state index contributed by atoms with van der Waals surface area (Å²) in [5.41, 5.74) is 1.93. The smallest absolute Gasteiger partial charge is 0.212 e. The molecule has 0 aliphatic carbocycles. The third-order valence-electron chi connectivity index (χ3n) is 2.96. The fourth-order valence-electron chi connectivity index (χ4n) is 2.05. The van der Waals surface area contributed by atoms with E-state index < -0.39 is 0 Å². The van der Waals surface area contributed by atoms with Gasteiger partial charge in [0.05, 0.1) is 7.11 Å². The molecule has 0 fully saturated rings. The zero-order valence-corrected chi connectivity index (χ0v) is 13.1. The van der Waals surface area contributed by atoms with Crippen LogP contribution in [0.25, 0.3) is 11.4 Å². The first kappa shape index (κ1) is 15.2. The van der Waals surface area contributed by atoms with Crippen molar-refractivity contribution < 1.29 is 4.74 Å². The first-order valence-electron chi connectivity index (χ1n) is 7.24. The van der Waals surface area contributed by atoms with E-state index in [-0.39, 0.29) is 0 Å². The molecule has 0 saturated carbocycles. The number of aromatic nitrogens is 3. The van der Waals surface area contributed by atoms with E-state index in [9.17, 15) is 0 Å². The lowest BCUT2D eigenvalue weighted by Gasteiger charge is -2.10. The number of ether oxygens (including phenoxy) is 1. The highest BCUT2D eigenvalue weighted by Crippen LogP contribution is 2.20. The summed E-state index contributed by atoms with van der Waals surface area (Å²) in [4.78, 5) is 13.4. The van der Waals surface area contributed by atoms with Gasteiger partial charge in [-0.2, -0.15) is 0 Å². The van der Waals surface area contributed by atoms with Crippen molar-refractivity contribution in [2.75, 3.05) is 19.0 Å². The van der Waals surface area contributed by atoms with Crippen LogP contribution < -0.4 is 10.1 Å². The summed E-state index contributed by atoms with van der Waals surface area (Å²) < 4.78 is 5.08. The Morgan fingerprint density at radius 2 is 2.05 bits per heavy atom. The monoisotopic (exact) mass is 286 g/mol. The number of nitrogens with zero attached hydrogens (tertiary/aromatic N) is 3. The Labute approximate surface area is 125 Å². The molecule has 2 rings (SSSR count). The number of anilines is 1. The Balaban J connectivity index is 2.37. The van der Waals surface area contributed by atoms with Crippen LogP contribution in [0.1, 0.15) is 26.5 Å². The van der Waals surface area contributed by atoms with Crippen molar-refractivity contribution in [3.05, 3.63) is 30.1 Å². The molecule has 0 amide bonds. The first-order chi connectivity index (χ1) is 10.1. The topological polar surface area (TPSA) is 59.9 Å². The van der Waals surface area contributed by atoms with Gasteiger partial charge in [-0.3, -0.25) is 0 Å². The van der Waals surface area contributed by atoms with Crippen LogP contribution in [0.2, 0.25) is 0 Å². The minimum atomic E-state index is 0.552. The molecule has 0 aliphatic heterocycles. The van der Waals surface area contributed by atoms with E-state index in [0.29, 0.717) is 17.6 Å². The maximum Gasteiger partial charge on any atom is 0.212 e. The Hall–Kier alpha value is -2.17. The third kappa shape index (κ3) is 4.15. The summed E-state index contributed by atoms with van der Waals surface area (Å²) in [5, 5.41) is 3.26. The summed E-state index contributed by atoms with van der Waals surface area (Å²) in [6, 6.07) is 5.76. The maximum atomic E-state index is 5.08. The molecule has 2 heterocycles. The van der Waals surface area contributed by atoms with Gasteiger partial charge in [-0.15, -0.1) is 0 Å². The molecule has 0 radical (unpaired) electrons. The van der Waals surface area contributed by atoms with Crippen LogP contribution in [-0.2, 0) is 6.42 Å². The van der Waals surface area contributed by atoms with Gasteiger partial charge in [0, 0.05) is 36.1 Å². The predicted molar refractivity (Wildman–Crippen MR) is 84.5 cm³/mol. The second-order valence-corrected chi connectivity index (χ2v) is 5.29. The van der Waals surface area contributed by atoms with Gasteiger partial charge in [0.25, 0.3) is 0 Å². The highest BCUT2D eigenvalue weighted by Gasteiger charge is 2.09. The maximum absolute atomic E-state index is 5.08. The van der Waals surface area contributed by atoms with E-state index in [1.54, 1.807) is 13.3 Å². The number of pyridine rings is 1. The molecule has 0 unspecified atom stereocenters. The molecule has 0 aromatic carbocycles. The van der Waals surface area contributed by atoms with E-state index >= 15 is 0 Å². The lowest BCUT2D eigenvalue weighted by Crippen LogP contribution is -2.06. The molecule has 2 aromatic rings. The molecule has 0 aliphatic rings. The lowest BCUT2D eigenvalue weighted by molar-refractivity contribution is 0.398. The third-order valence-corrected chi connectivity index (χ3v) is 2.96. The van der Waals surface area contributed by atoms with Crippen molar-refractivity contribution in [1.82, 2.24) is 15.0 Å². The zero-order chi connectivity index (χ0) is 15.2. The first-order valence-corrected chi connectivity index (χ1v) is 7.24. The van der Waals surface area contributed by atoms with E-state index in [2.05, 4.69) is 41.0 Å². The van der Waals surface area contributed by atoms with Gasteiger partial charge >= 0.3 is 0 Å². The Kier molecular flexibility index (Phi) is 5.09. The van der Waals surface area contributed by atoms with Crippen molar-refractivity contribution in [2.45, 2.75) is 27.2 Å². The van der Waals surface area contributed by atoms with Crippen molar-refractivity contribution >= 4 is 5.82 Å². The van der Waals surface area contributed by atoms with Crippen LogP contribution in [0.4, 0.5) is 5.82 Å². The second kappa shape index (κ2) is 7.02. The average molecular weight is 286 g/mol. The molecule has 0 bridgehead atoms. The number of hydrogen-bond donors (Lipinski definition) is 1. The van der Waals surface area contributed by atoms with Crippen molar-refractivity contribution in [1.29, 1.82) is 0 Å². The van der Waals surface area contributed by atoms with Crippen LogP contribution in [0.15, 0.2) is 24.4 Å². The molecular formula is C16H22N4O. The zero-order valence-electron chi connectivity index (χ0n) is 13.1. The number of rotatable bonds is 6.